The molecule has 3 aliphatic rings. The minimum atomic E-state index is -1.17. The third kappa shape index (κ3) is 4.36. The van der Waals surface area contributed by atoms with Crippen LogP contribution in [0.3, 0.4) is 0 Å². The number of anilines is 2. The molecule has 3 aliphatic heterocycles. The largest absolute Gasteiger partial charge is 0.422 e. The molecule has 5 heterocycles. The highest BCUT2D eigenvalue weighted by Gasteiger charge is 2.31. The van der Waals surface area contributed by atoms with Gasteiger partial charge in [-0.25, -0.2) is 14.8 Å². The molecule has 0 spiro atoms. The summed E-state index contributed by atoms with van der Waals surface area (Å²) in [5, 5.41) is 13.2. The number of benzene rings is 1. The molecule has 6 rings (SSSR count). The lowest BCUT2D eigenvalue weighted by atomic mass is 9.90. The van der Waals surface area contributed by atoms with Crippen molar-refractivity contribution >= 4 is 34.4 Å². The number of aliphatic hydroxyl groups excluding tert-OH is 1. The molecule has 1 saturated heterocycles. The number of carbonyl (C=O) groups is 2. The van der Waals surface area contributed by atoms with Gasteiger partial charge in [0.25, 0.3) is 5.91 Å². The highest BCUT2D eigenvalue weighted by Crippen LogP contribution is 2.39. The van der Waals surface area contributed by atoms with E-state index in [1.165, 1.54) is 11.3 Å². The van der Waals surface area contributed by atoms with Gasteiger partial charge in [-0.15, -0.1) is 0 Å². The first kappa shape index (κ1) is 24.4. The zero-order valence-electron chi connectivity index (χ0n) is 21.1. The summed E-state index contributed by atoms with van der Waals surface area (Å²) < 4.78 is 5.71. The summed E-state index contributed by atoms with van der Waals surface area (Å²) in [5.41, 5.74) is 3.04. The molecule has 1 fully saturated rings. The molecule has 1 aromatic carbocycles. The molecule has 11 nitrogen and oxygen atoms in total. The van der Waals surface area contributed by atoms with Crippen LogP contribution < -0.4 is 20.7 Å². The van der Waals surface area contributed by atoms with Crippen LogP contribution in [0.1, 0.15) is 34.3 Å². The van der Waals surface area contributed by atoms with Crippen LogP contribution in [0.15, 0.2) is 39.8 Å². The number of hydrogen-bond donors (Lipinski definition) is 2. The highest BCUT2D eigenvalue weighted by molar-refractivity contribution is 6.00. The average molecular weight is 519 g/mol. The van der Waals surface area contributed by atoms with Crippen LogP contribution in [0.2, 0.25) is 0 Å². The van der Waals surface area contributed by atoms with Crippen molar-refractivity contribution in [1.29, 1.82) is 0 Å². The van der Waals surface area contributed by atoms with Crippen LogP contribution in [0, 0.1) is 0 Å². The number of amides is 2. The van der Waals surface area contributed by atoms with E-state index in [4.69, 9.17) is 4.42 Å². The molecule has 38 heavy (non-hydrogen) atoms. The first-order valence-corrected chi connectivity index (χ1v) is 13.1. The number of piperazine rings is 1. The van der Waals surface area contributed by atoms with Gasteiger partial charge in [-0.05, 0) is 49.4 Å². The molecule has 2 amide bonds. The summed E-state index contributed by atoms with van der Waals surface area (Å²) in [6, 6.07) is 4.13. The van der Waals surface area contributed by atoms with Gasteiger partial charge in [0.2, 0.25) is 11.9 Å². The van der Waals surface area contributed by atoms with E-state index in [9.17, 15) is 19.5 Å². The molecular formula is C27H30N6O5. The number of carbonyl (C=O) groups excluding carboxylic acids is 2. The first-order chi connectivity index (χ1) is 18.5. The average Bonchev–Trinajstić information content (AvgIpc) is 2.96. The molecule has 0 radical (unpaired) electrons. The van der Waals surface area contributed by atoms with Gasteiger partial charge in [0.05, 0.1) is 6.61 Å². The molecule has 1 atom stereocenters. The second kappa shape index (κ2) is 10.1. The van der Waals surface area contributed by atoms with Gasteiger partial charge in [0.15, 0.2) is 0 Å². The Morgan fingerprint density at radius 1 is 1.00 bits per heavy atom. The summed E-state index contributed by atoms with van der Waals surface area (Å²) in [6.45, 7) is 3.27. The second-order valence-electron chi connectivity index (χ2n) is 9.99. The minimum Gasteiger partial charge on any atom is -0.422 e. The smallest absolute Gasteiger partial charge is 0.349 e. The Balaban J connectivity index is 1.19. The fourth-order valence-electron chi connectivity index (χ4n) is 5.83. The van der Waals surface area contributed by atoms with Crippen LogP contribution in [0.5, 0.6) is 0 Å². The van der Waals surface area contributed by atoms with Crippen LogP contribution in [0.25, 0.3) is 11.0 Å². The molecule has 2 aromatic heterocycles. The normalized spacial score (nSPS) is 17.8. The van der Waals surface area contributed by atoms with E-state index in [1.807, 2.05) is 11.0 Å². The maximum Gasteiger partial charge on any atom is 0.349 e. The fraction of sp³-hybridized carbons (Fsp3) is 0.444. The van der Waals surface area contributed by atoms with E-state index in [-0.39, 0.29) is 5.56 Å². The third-order valence-electron chi connectivity index (χ3n) is 7.67. The number of nitrogens with zero attached hydrogens (tertiary/aromatic N) is 5. The van der Waals surface area contributed by atoms with E-state index in [0.29, 0.717) is 43.1 Å². The van der Waals surface area contributed by atoms with Gasteiger partial charge >= 0.3 is 5.63 Å². The molecule has 0 bridgehead atoms. The zero-order valence-corrected chi connectivity index (χ0v) is 21.1. The number of nitrogens with one attached hydrogen (secondary N) is 1. The van der Waals surface area contributed by atoms with E-state index < -0.39 is 30.1 Å². The number of fused-ring (bicyclic) bond motifs is 2. The van der Waals surface area contributed by atoms with Crippen LogP contribution in [-0.2, 0) is 17.6 Å². The van der Waals surface area contributed by atoms with Gasteiger partial charge in [-0.1, -0.05) is 0 Å². The summed E-state index contributed by atoms with van der Waals surface area (Å²) >= 11 is 0. The molecule has 0 saturated carbocycles. The maximum absolute atomic E-state index is 13.1. The summed E-state index contributed by atoms with van der Waals surface area (Å²) in [7, 11) is 0. The van der Waals surface area contributed by atoms with Crippen LogP contribution >= 0.6 is 0 Å². The van der Waals surface area contributed by atoms with Crippen molar-refractivity contribution in [2.75, 3.05) is 55.7 Å². The lowest BCUT2D eigenvalue weighted by Crippen LogP contribution is -2.56. The number of aliphatic hydroxyl groups is 1. The first-order valence-electron chi connectivity index (χ1n) is 13.1. The Hall–Kier alpha value is -3.99. The van der Waals surface area contributed by atoms with Crippen molar-refractivity contribution in [3.05, 3.63) is 57.7 Å². The second-order valence-corrected chi connectivity index (χ2v) is 9.99. The summed E-state index contributed by atoms with van der Waals surface area (Å²) in [6.07, 6.45) is 7.16. The van der Waals surface area contributed by atoms with Crippen LogP contribution in [0.4, 0.5) is 11.6 Å². The predicted molar refractivity (Wildman–Crippen MR) is 141 cm³/mol. The summed E-state index contributed by atoms with van der Waals surface area (Å²) in [5.74, 6) is -0.548. The Labute approximate surface area is 219 Å². The van der Waals surface area contributed by atoms with E-state index in [0.717, 1.165) is 44.3 Å². The fourth-order valence-corrected chi connectivity index (χ4v) is 5.83. The molecule has 11 heteroatoms. The lowest BCUT2D eigenvalue weighted by Gasteiger charge is -2.37. The minimum absolute atomic E-state index is 0.176. The van der Waals surface area contributed by atoms with E-state index in [1.54, 1.807) is 29.4 Å². The van der Waals surface area contributed by atoms with Crippen molar-refractivity contribution in [2.45, 2.75) is 31.7 Å². The highest BCUT2D eigenvalue weighted by atomic mass is 16.4. The Bertz CT molecular complexity index is 1430. The Morgan fingerprint density at radius 2 is 1.74 bits per heavy atom. The van der Waals surface area contributed by atoms with Gasteiger partial charge in [-0.3, -0.25) is 9.59 Å². The van der Waals surface area contributed by atoms with E-state index >= 15 is 0 Å². The Morgan fingerprint density at radius 3 is 2.47 bits per heavy atom. The standard InChI is InChI=1S/C27H30N6O5/c34-16-21(25(36)32-10-12-33(13-11-32)27-28-6-3-7-29-27)30-24(35)20-15-18-14-17-4-1-8-31-9-2-5-19(22(17)31)23(18)38-26(20)37/h3,6-7,14-15,21,34H,1-2,4-5,8-13,16H2,(H,30,35)/t21-/m0/s1. The van der Waals surface area contributed by atoms with Crippen molar-refractivity contribution in [3.63, 3.8) is 0 Å². The van der Waals surface area contributed by atoms with Gasteiger partial charge in [-0.2, -0.15) is 0 Å². The predicted octanol–water partition coefficient (Wildman–Crippen LogP) is 0.721. The van der Waals surface area contributed by atoms with Gasteiger partial charge < -0.3 is 29.5 Å². The topological polar surface area (TPSA) is 132 Å². The lowest BCUT2D eigenvalue weighted by molar-refractivity contribution is -0.134. The van der Waals surface area contributed by atoms with E-state index in [2.05, 4.69) is 20.2 Å². The molecule has 0 unspecified atom stereocenters. The van der Waals surface area contributed by atoms with Gasteiger partial charge in [0.1, 0.15) is 17.2 Å². The molecule has 3 aromatic rings. The van der Waals surface area contributed by atoms with Crippen molar-refractivity contribution < 1.29 is 19.1 Å². The van der Waals surface area contributed by atoms with Crippen molar-refractivity contribution in [1.82, 2.24) is 20.2 Å². The molecule has 0 aliphatic carbocycles. The Kier molecular flexibility index (Phi) is 6.44. The number of aryl methyl sites for hydroxylation is 2. The zero-order chi connectivity index (χ0) is 26.2. The van der Waals surface area contributed by atoms with Crippen LogP contribution in [-0.4, -0.2) is 83.7 Å². The number of aromatic nitrogens is 2. The maximum atomic E-state index is 13.1. The monoisotopic (exact) mass is 518 g/mol. The van der Waals surface area contributed by atoms with Crippen molar-refractivity contribution in [2.24, 2.45) is 0 Å². The molecule has 198 valence electrons. The molecular weight excluding hydrogens is 488 g/mol. The third-order valence-corrected chi connectivity index (χ3v) is 7.67. The van der Waals surface area contributed by atoms with Gasteiger partial charge in [0, 0.05) is 68.3 Å². The molecule has 2 N–H and O–H groups in total. The number of rotatable bonds is 5. The summed E-state index contributed by atoms with van der Waals surface area (Å²) in [4.78, 5) is 53.6. The number of hydrogen-bond acceptors (Lipinski definition) is 9. The quantitative estimate of drug-likeness (QED) is 0.469. The SMILES string of the molecule is O=C(N[C@@H](CO)C(=O)N1CCN(c2ncccn2)CC1)c1cc2cc3c4c(c2oc1=O)CCCN4CCC3. The van der Waals surface area contributed by atoms with Crippen molar-refractivity contribution in [3.8, 4) is 0 Å².